The van der Waals surface area contributed by atoms with Crippen molar-refractivity contribution in [3.63, 3.8) is 0 Å². The fraction of sp³-hybridized carbons (Fsp3) is 0.133. The van der Waals surface area contributed by atoms with Gasteiger partial charge in [0.1, 0.15) is 6.04 Å². The summed E-state index contributed by atoms with van der Waals surface area (Å²) in [6.45, 7) is 0. The zero-order valence-corrected chi connectivity index (χ0v) is 12.4. The van der Waals surface area contributed by atoms with Gasteiger partial charge in [-0.25, -0.2) is 0 Å². The number of carbonyl (C=O) groups excluding carboxylic acids is 1. The van der Waals surface area contributed by atoms with Crippen LogP contribution in [0.1, 0.15) is 11.6 Å². The lowest BCUT2D eigenvalue weighted by Crippen LogP contribution is -2.30. The van der Waals surface area contributed by atoms with Crippen LogP contribution in [0.4, 0.5) is 5.69 Å². The van der Waals surface area contributed by atoms with E-state index in [0.717, 1.165) is 5.56 Å². The molecule has 5 heteroatoms. The van der Waals surface area contributed by atoms with Gasteiger partial charge >= 0.3 is 0 Å². The van der Waals surface area contributed by atoms with Gasteiger partial charge < -0.3 is 10.6 Å². The van der Waals surface area contributed by atoms with Crippen molar-refractivity contribution in [2.75, 3.05) is 12.4 Å². The molecule has 0 aliphatic heterocycles. The number of benzene rings is 2. The second-order valence-electron chi connectivity index (χ2n) is 4.28. The molecule has 2 aromatic rings. The zero-order chi connectivity index (χ0) is 14.5. The molecule has 0 spiro atoms. The quantitative estimate of drug-likeness (QED) is 0.899. The Hall–Kier alpha value is -1.55. The molecule has 0 radical (unpaired) electrons. The molecular formula is C15H14Cl2N2O. The van der Waals surface area contributed by atoms with Crippen molar-refractivity contribution >= 4 is 34.8 Å². The number of halogens is 2. The zero-order valence-electron chi connectivity index (χ0n) is 10.9. The molecule has 1 atom stereocenters. The summed E-state index contributed by atoms with van der Waals surface area (Å²) in [5, 5.41) is 6.75. The second kappa shape index (κ2) is 6.75. The maximum atomic E-state index is 12.3. The molecule has 0 saturated heterocycles. The van der Waals surface area contributed by atoms with Crippen LogP contribution in [0.25, 0.3) is 0 Å². The van der Waals surface area contributed by atoms with Gasteiger partial charge in [0.15, 0.2) is 0 Å². The maximum Gasteiger partial charge on any atom is 0.246 e. The van der Waals surface area contributed by atoms with E-state index in [-0.39, 0.29) is 5.91 Å². The third kappa shape index (κ3) is 3.73. The number of hydrogen-bond acceptors (Lipinski definition) is 2. The number of likely N-dealkylation sites (N-methyl/N-ethyl adjacent to an activating group) is 1. The number of rotatable bonds is 4. The van der Waals surface area contributed by atoms with E-state index in [1.165, 1.54) is 0 Å². The van der Waals surface area contributed by atoms with Crippen LogP contribution < -0.4 is 10.6 Å². The minimum Gasteiger partial charge on any atom is -0.324 e. The molecule has 0 aromatic heterocycles. The molecule has 0 aliphatic rings. The van der Waals surface area contributed by atoms with Crippen molar-refractivity contribution in [2.45, 2.75) is 6.04 Å². The first-order chi connectivity index (χ1) is 9.60. The van der Waals surface area contributed by atoms with Gasteiger partial charge in [0.25, 0.3) is 0 Å². The maximum absolute atomic E-state index is 12.3. The predicted octanol–water partition coefficient (Wildman–Crippen LogP) is 3.89. The summed E-state index contributed by atoms with van der Waals surface area (Å²) < 4.78 is 0. The van der Waals surface area contributed by atoms with E-state index in [4.69, 9.17) is 23.2 Å². The Labute approximate surface area is 127 Å². The van der Waals surface area contributed by atoms with Crippen molar-refractivity contribution in [1.29, 1.82) is 0 Å². The minimum absolute atomic E-state index is 0.169. The first-order valence-electron chi connectivity index (χ1n) is 6.09. The standard InChI is InChI=1S/C15H14Cl2N2O/c1-18-14(10-5-3-2-4-6-10)15(20)19-13-8-11(16)7-12(17)9-13/h2-9,14,18H,1H3,(H,19,20)/t14-/m0/s1. The van der Waals surface area contributed by atoms with E-state index < -0.39 is 6.04 Å². The van der Waals surface area contributed by atoms with E-state index in [1.54, 1.807) is 25.2 Å². The number of amides is 1. The van der Waals surface area contributed by atoms with Crippen LogP contribution in [0.3, 0.4) is 0 Å². The van der Waals surface area contributed by atoms with E-state index in [1.807, 2.05) is 30.3 Å². The van der Waals surface area contributed by atoms with Gasteiger partial charge in [-0.05, 0) is 30.8 Å². The average Bonchev–Trinajstić information content (AvgIpc) is 2.39. The van der Waals surface area contributed by atoms with Crippen LogP contribution in [-0.4, -0.2) is 13.0 Å². The molecule has 0 fully saturated rings. The third-order valence-electron chi connectivity index (χ3n) is 2.81. The lowest BCUT2D eigenvalue weighted by molar-refractivity contribution is -0.118. The highest BCUT2D eigenvalue weighted by Gasteiger charge is 2.18. The molecule has 20 heavy (non-hydrogen) atoms. The van der Waals surface area contributed by atoms with Crippen LogP contribution >= 0.6 is 23.2 Å². The molecule has 0 heterocycles. The van der Waals surface area contributed by atoms with Gasteiger partial charge in [-0.1, -0.05) is 53.5 Å². The normalized spacial score (nSPS) is 11.9. The number of anilines is 1. The highest BCUT2D eigenvalue weighted by Crippen LogP contribution is 2.23. The predicted molar refractivity (Wildman–Crippen MR) is 83.3 cm³/mol. The van der Waals surface area contributed by atoms with Gasteiger partial charge in [0, 0.05) is 15.7 Å². The van der Waals surface area contributed by atoms with Crippen molar-refractivity contribution in [2.24, 2.45) is 0 Å². The lowest BCUT2D eigenvalue weighted by atomic mass is 10.1. The molecule has 0 bridgehead atoms. The van der Waals surface area contributed by atoms with Crippen molar-refractivity contribution in [1.82, 2.24) is 5.32 Å². The highest BCUT2D eigenvalue weighted by atomic mass is 35.5. The number of nitrogens with one attached hydrogen (secondary N) is 2. The Morgan fingerprint density at radius 1 is 1.05 bits per heavy atom. The van der Waals surface area contributed by atoms with E-state index >= 15 is 0 Å². The van der Waals surface area contributed by atoms with E-state index in [2.05, 4.69) is 10.6 Å². The highest BCUT2D eigenvalue weighted by molar-refractivity contribution is 6.35. The van der Waals surface area contributed by atoms with Crippen molar-refractivity contribution in [3.8, 4) is 0 Å². The van der Waals surface area contributed by atoms with Crippen molar-refractivity contribution in [3.05, 3.63) is 64.1 Å². The molecule has 104 valence electrons. The molecule has 1 amide bonds. The van der Waals surface area contributed by atoms with Crippen LogP contribution in [0, 0.1) is 0 Å². The monoisotopic (exact) mass is 308 g/mol. The molecule has 0 unspecified atom stereocenters. The fourth-order valence-corrected chi connectivity index (χ4v) is 2.46. The SMILES string of the molecule is CN[C@H](C(=O)Nc1cc(Cl)cc(Cl)c1)c1ccccc1. The summed E-state index contributed by atoms with van der Waals surface area (Å²) in [6, 6.07) is 14.0. The van der Waals surface area contributed by atoms with Gasteiger partial charge in [-0.2, -0.15) is 0 Å². The van der Waals surface area contributed by atoms with Crippen LogP contribution in [-0.2, 0) is 4.79 Å². The second-order valence-corrected chi connectivity index (χ2v) is 5.15. The van der Waals surface area contributed by atoms with Gasteiger partial charge in [0.05, 0.1) is 0 Å². The molecule has 2 aromatic carbocycles. The Balaban J connectivity index is 2.18. The van der Waals surface area contributed by atoms with Gasteiger partial charge in [0.2, 0.25) is 5.91 Å². The third-order valence-corrected chi connectivity index (χ3v) is 3.25. The van der Waals surface area contributed by atoms with Crippen LogP contribution in [0.15, 0.2) is 48.5 Å². The topological polar surface area (TPSA) is 41.1 Å². The Morgan fingerprint density at radius 3 is 2.20 bits per heavy atom. The number of hydrogen-bond donors (Lipinski definition) is 2. The lowest BCUT2D eigenvalue weighted by Gasteiger charge is -2.16. The minimum atomic E-state index is -0.436. The molecule has 2 rings (SSSR count). The molecule has 3 nitrogen and oxygen atoms in total. The first-order valence-corrected chi connectivity index (χ1v) is 6.85. The Bertz CT molecular complexity index is 582. The largest absolute Gasteiger partial charge is 0.324 e. The summed E-state index contributed by atoms with van der Waals surface area (Å²) in [5.74, 6) is -0.169. The summed E-state index contributed by atoms with van der Waals surface area (Å²) in [6.07, 6.45) is 0. The van der Waals surface area contributed by atoms with Crippen molar-refractivity contribution < 1.29 is 4.79 Å². The molecular weight excluding hydrogens is 295 g/mol. The van der Waals surface area contributed by atoms with E-state index in [0.29, 0.717) is 15.7 Å². The molecule has 2 N–H and O–H groups in total. The van der Waals surface area contributed by atoms with Gasteiger partial charge in [-0.15, -0.1) is 0 Å². The fourth-order valence-electron chi connectivity index (χ4n) is 1.94. The summed E-state index contributed by atoms with van der Waals surface area (Å²) >= 11 is 11.8. The Morgan fingerprint density at radius 2 is 1.65 bits per heavy atom. The summed E-state index contributed by atoms with van der Waals surface area (Å²) in [5.41, 5.74) is 1.46. The first kappa shape index (κ1) is 14.9. The van der Waals surface area contributed by atoms with Crippen LogP contribution in [0.2, 0.25) is 10.0 Å². The van der Waals surface area contributed by atoms with Crippen LogP contribution in [0.5, 0.6) is 0 Å². The summed E-state index contributed by atoms with van der Waals surface area (Å²) in [7, 11) is 1.74. The molecule has 0 aliphatic carbocycles. The van der Waals surface area contributed by atoms with E-state index in [9.17, 15) is 4.79 Å². The van der Waals surface area contributed by atoms with Gasteiger partial charge in [-0.3, -0.25) is 4.79 Å². The summed E-state index contributed by atoms with van der Waals surface area (Å²) in [4.78, 5) is 12.3. The Kier molecular flexibility index (Phi) is 5.01. The average molecular weight is 309 g/mol. The smallest absolute Gasteiger partial charge is 0.246 e. The molecule has 0 saturated carbocycles. The number of carbonyl (C=O) groups is 1.